The molecule has 1 heterocycles. The van der Waals surface area contributed by atoms with E-state index in [1.807, 2.05) is 0 Å². The van der Waals surface area contributed by atoms with Crippen molar-refractivity contribution in [2.24, 2.45) is 10.9 Å². The average molecular weight is 453 g/mol. The van der Waals surface area contributed by atoms with Gasteiger partial charge in [-0.05, 0) is 39.2 Å². The van der Waals surface area contributed by atoms with Crippen LogP contribution >= 0.6 is 24.0 Å². The van der Waals surface area contributed by atoms with Crippen LogP contribution in [-0.2, 0) is 0 Å². The van der Waals surface area contributed by atoms with Crippen molar-refractivity contribution in [3.05, 3.63) is 0 Å². The van der Waals surface area contributed by atoms with Gasteiger partial charge in [-0.25, -0.2) is 0 Å². The van der Waals surface area contributed by atoms with Gasteiger partial charge in [0.05, 0.1) is 6.54 Å². The van der Waals surface area contributed by atoms with Gasteiger partial charge >= 0.3 is 0 Å². The summed E-state index contributed by atoms with van der Waals surface area (Å²) >= 11 is 0. The third kappa shape index (κ3) is 10.7. The Hall–Kier alpha value is -0.0800. The second-order valence-electron chi connectivity index (χ2n) is 7.05. The molecule has 1 unspecified atom stereocenters. The minimum absolute atomic E-state index is 0. The van der Waals surface area contributed by atoms with Crippen molar-refractivity contribution in [3.8, 4) is 0 Å². The maximum absolute atomic E-state index is 4.75. The third-order valence-corrected chi connectivity index (χ3v) is 4.50. The van der Waals surface area contributed by atoms with Crippen LogP contribution < -0.4 is 10.6 Å². The van der Waals surface area contributed by atoms with Crippen LogP contribution in [0, 0.1) is 5.92 Å². The summed E-state index contributed by atoms with van der Waals surface area (Å²) in [6.45, 7) is 20.0. The Morgan fingerprint density at radius 2 is 1.62 bits per heavy atom. The zero-order valence-corrected chi connectivity index (χ0v) is 18.8. The van der Waals surface area contributed by atoms with Crippen molar-refractivity contribution in [2.45, 2.75) is 53.5 Å². The quantitative estimate of drug-likeness (QED) is 0.320. The predicted molar refractivity (Wildman–Crippen MR) is 117 cm³/mol. The largest absolute Gasteiger partial charge is 0.357 e. The summed E-state index contributed by atoms with van der Waals surface area (Å²) in [7, 11) is 0. The molecule has 0 aliphatic carbocycles. The van der Waals surface area contributed by atoms with Gasteiger partial charge in [0, 0.05) is 45.3 Å². The minimum atomic E-state index is 0. The van der Waals surface area contributed by atoms with Gasteiger partial charge in [-0.2, -0.15) is 0 Å². The lowest BCUT2D eigenvalue weighted by molar-refractivity contribution is 0.140. The van der Waals surface area contributed by atoms with E-state index < -0.39 is 0 Å². The molecule has 1 atom stereocenters. The first-order valence-electron chi connectivity index (χ1n) is 9.54. The van der Waals surface area contributed by atoms with Crippen LogP contribution in [0.4, 0.5) is 0 Å². The Morgan fingerprint density at radius 3 is 2.17 bits per heavy atom. The normalized spacial score (nSPS) is 18.3. The van der Waals surface area contributed by atoms with Crippen molar-refractivity contribution in [2.75, 3.05) is 52.4 Å². The summed E-state index contributed by atoms with van der Waals surface area (Å²) in [6, 6.07) is 0.475. The molecule has 6 heteroatoms. The first-order chi connectivity index (χ1) is 11.0. The van der Waals surface area contributed by atoms with E-state index >= 15 is 0 Å². The zero-order valence-electron chi connectivity index (χ0n) is 16.5. The van der Waals surface area contributed by atoms with Gasteiger partial charge in [0.1, 0.15) is 0 Å². The van der Waals surface area contributed by atoms with E-state index in [4.69, 9.17) is 4.99 Å². The van der Waals surface area contributed by atoms with Crippen LogP contribution in [-0.4, -0.2) is 74.2 Å². The SMILES string of the molecule is CCNC(=NCCN1CCN(CC)CC1)NC(C)CCC(C)C.I. The molecule has 24 heavy (non-hydrogen) atoms. The molecule has 1 aliphatic heterocycles. The van der Waals surface area contributed by atoms with Gasteiger partial charge in [-0.3, -0.25) is 9.89 Å². The number of hydrogen-bond donors (Lipinski definition) is 2. The van der Waals surface area contributed by atoms with Gasteiger partial charge in [0.25, 0.3) is 0 Å². The summed E-state index contributed by atoms with van der Waals surface area (Å²) in [6.07, 6.45) is 2.45. The average Bonchev–Trinajstić information content (AvgIpc) is 2.53. The van der Waals surface area contributed by atoms with E-state index in [2.05, 4.69) is 55.1 Å². The number of nitrogens with one attached hydrogen (secondary N) is 2. The van der Waals surface area contributed by atoms with E-state index in [1.165, 1.54) is 45.6 Å². The molecule has 5 nitrogen and oxygen atoms in total. The molecule has 2 N–H and O–H groups in total. The van der Waals surface area contributed by atoms with Gasteiger partial charge in [0.2, 0.25) is 0 Å². The van der Waals surface area contributed by atoms with Gasteiger partial charge in [-0.15, -0.1) is 24.0 Å². The zero-order chi connectivity index (χ0) is 17.1. The first-order valence-corrected chi connectivity index (χ1v) is 9.54. The Morgan fingerprint density at radius 1 is 1.00 bits per heavy atom. The van der Waals surface area contributed by atoms with E-state index in [-0.39, 0.29) is 24.0 Å². The molecular formula is C18H40IN5. The Labute approximate surface area is 167 Å². The van der Waals surface area contributed by atoms with E-state index in [9.17, 15) is 0 Å². The van der Waals surface area contributed by atoms with E-state index in [1.54, 1.807) is 0 Å². The molecule has 0 aromatic carbocycles. The number of piperazine rings is 1. The molecule has 0 saturated carbocycles. The molecule has 0 amide bonds. The number of guanidine groups is 1. The fourth-order valence-electron chi connectivity index (χ4n) is 2.84. The van der Waals surface area contributed by atoms with Crippen molar-refractivity contribution in [1.82, 2.24) is 20.4 Å². The molecule has 0 bridgehead atoms. The fourth-order valence-corrected chi connectivity index (χ4v) is 2.84. The highest BCUT2D eigenvalue weighted by atomic mass is 127. The highest BCUT2D eigenvalue weighted by molar-refractivity contribution is 14.0. The fraction of sp³-hybridized carbons (Fsp3) is 0.944. The Balaban J connectivity index is 0.00000529. The van der Waals surface area contributed by atoms with Crippen LogP contribution in [0.2, 0.25) is 0 Å². The maximum Gasteiger partial charge on any atom is 0.191 e. The topological polar surface area (TPSA) is 42.9 Å². The van der Waals surface area contributed by atoms with Gasteiger partial charge in [-0.1, -0.05) is 20.8 Å². The van der Waals surface area contributed by atoms with Crippen LogP contribution in [0.5, 0.6) is 0 Å². The Bertz CT molecular complexity index is 327. The monoisotopic (exact) mass is 453 g/mol. The van der Waals surface area contributed by atoms with E-state index in [0.717, 1.165) is 31.5 Å². The molecule has 1 fully saturated rings. The smallest absolute Gasteiger partial charge is 0.191 e. The summed E-state index contributed by atoms with van der Waals surface area (Å²) in [5, 5.41) is 6.91. The van der Waals surface area contributed by atoms with Crippen molar-refractivity contribution in [1.29, 1.82) is 0 Å². The molecule has 0 aromatic heterocycles. The molecule has 0 spiro atoms. The van der Waals surface area contributed by atoms with Crippen molar-refractivity contribution in [3.63, 3.8) is 0 Å². The number of halogens is 1. The lowest BCUT2D eigenvalue weighted by Crippen LogP contribution is -2.47. The molecule has 0 aromatic rings. The molecule has 1 aliphatic rings. The minimum Gasteiger partial charge on any atom is -0.357 e. The summed E-state index contributed by atoms with van der Waals surface area (Å²) in [5.41, 5.74) is 0. The predicted octanol–water partition coefficient (Wildman–Crippen LogP) is 2.62. The molecule has 0 radical (unpaired) electrons. The lowest BCUT2D eigenvalue weighted by atomic mass is 10.0. The second kappa shape index (κ2) is 14.1. The standard InChI is InChI=1S/C18H39N5.HI/c1-6-19-18(21-17(5)9-8-16(3)4)20-10-11-23-14-12-22(7-2)13-15-23;/h16-17H,6-15H2,1-5H3,(H2,19,20,21);1H. The van der Waals surface area contributed by atoms with Crippen molar-refractivity contribution >= 4 is 29.9 Å². The second-order valence-corrected chi connectivity index (χ2v) is 7.05. The summed E-state index contributed by atoms with van der Waals surface area (Å²) < 4.78 is 0. The molecule has 1 saturated heterocycles. The van der Waals surface area contributed by atoms with Gasteiger partial charge < -0.3 is 15.5 Å². The van der Waals surface area contributed by atoms with Gasteiger partial charge in [0.15, 0.2) is 5.96 Å². The molecular weight excluding hydrogens is 413 g/mol. The maximum atomic E-state index is 4.75. The summed E-state index contributed by atoms with van der Waals surface area (Å²) in [5.74, 6) is 1.73. The number of rotatable bonds is 9. The third-order valence-electron chi connectivity index (χ3n) is 4.50. The molecule has 144 valence electrons. The number of likely N-dealkylation sites (N-methyl/N-ethyl adjacent to an activating group) is 1. The number of aliphatic imine (C=N–C) groups is 1. The van der Waals surface area contributed by atoms with Crippen LogP contribution in [0.3, 0.4) is 0 Å². The van der Waals surface area contributed by atoms with Crippen LogP contribution in [0.15, 0.2) is 4.99 Å². The lowest BCUT2D eigenvalue weighted by Gasteiger charge is -2.33. The number of nitrogens with zero attached hydrogens (tertiary/aromatic N) is 3. The summed E-state index contributed by atoms with van der Waals surface area (Å²) in [4.78, 5) is 9.80. The molecule has 1 rings (SSSR count). The van der Waals surface area contributed by atoms with Crippen molar-refractivity contribution < 1.29 is 0 Å². The first kappa shape index (κ1) is 23.9. The highest BCUT2D eigenvalue weighted by Gasteiger charge is 2.14. The van der Waals surface area contributed by atoms with E-state index in [0.29, 0.717) is 6.04 Å². The number of hydrogen-bond acceptors (Lipinski definition) is 3. The van der Waals surface area contributed by atoms with Crippen LogP contribution in [0.25, 0.3) is 0 Å². The van der Waals surface area contributed by atoms with Crippen LogP contribution in [0.1, 0.15) is 47.5 Å². The Kier molecular flexibility index (Phi) is 14.1. The highest BCUT2D eigenvalue weighted by Crippen LogP contribution is 2.06.